The molecular weight excluding hydrogens is 229 g/mol. The smallest absolute Gasteiger partial charge is 0.253 e. The summed E-state index contributed by atoms with van der Waals surface area (Å²) in [6.45, 7) is 0.394. The van der Waals surface area contributed by atoms with Gasteiger partial charge in [0, 0.05) is 19.2 Å². The summed E-state index contributed by atoms with van der Waals surface area (Å²) in [7, 11) is 1.71. The summed E-state index contributed by atoms with van der Waals surface area (Å²) in [5, 5.41) is 0. The second-order valence-electron chi connectivity index (χ2n) is 4.16. The van der Waals surface area contributed by atoms with Crippen LogP contribution in [0.3, 0.4) is 0 Å². The normalized spacial score (nSPS) is 10.1. The van der Waals surface area contributed by atoms with Crippen molar-refractivity contribution in [1.29, 1.82) is 0 Å². The highest BCUT2D eigenvalue weighted by molar-refractivity contribution is 5.93. The Kier molecular flexibility index (Phi) is 3.72. The molecule has 2 aromatic rings. The quantitative estimate of drug-likeness (QED) is 0.811. The molecule has 0 aliphatic heterocycles. The molecule has 92 valence electrons. The van der Waals surface area contributed by atoms with Gasteiger partial charge in [0.15, 0.2) is 0 Å². The maximum Gasteiger partial charge on any atom is 0.253 e. The summed E-state index contributed by atoms with van der Waals surface area (Å²) >= 11 is 0. The van der Waals surface area contributed by atoms with Crippen LogP contribution >= 0.6 is 0 Å². The highest BCUT2D eigenvalue weighted by atomic mass is 19.1. The Bertz CT molecular complexity index is 539. The number of rotatable bonds is 3. The fourth-order valence-electron chi connectivity index (χ4n) is 1.78. The number of benzene rings is 2. The Morgan fingerprint density at radius 2 is 1.83 bits per heavy atom. The first-order valence-corrected chi connectivity index (χ1v) is 5.72. The van der Waals surface area contributed by atoms with Crippen molar-refractivity contribution < 1.29 is 9.18 Å². The van der Waals surface area contributed by atoms with E-state index in [-0.39, 0.29) is 11.7 Å². The molecule has 0 aliphatic carbocycles. The molecule has 0 fully saturated rings. The van der Waals surface area contributed by atoms with E-state index in [9.17, 15) is 9.18 Å². The molecule has 0 atom stereocenters. The van der Waals surface area contributed by atoms with Gasteiger partial charge in [0.1, 0.15) is 5.82 Å². The number of nitrogens with zero attached hydrogens (tertiary/aromatic N) is 1. The standard InChI is InChI=1S/C15H14FNO/c1-17(11-12-6-5-9-14(16)10-12)15(18)13-7-3-2-4-8-13/h2-10H,11H2,1H3. The topological polar surface area (TPSA) is 20.3 Å². The highest BCUT2D eigenvalue weighted by Crippen LogP contribution is 2.09. The van der Waals surface area contributed by atoms with Crippen molar-refractivity contribution in [2.75, 3.05) is 7.05 Å². The third-order valence-corrected chi connectivity index (χ3v) is 2.68. The van der Waals surface area contributed by atoms with E-state index in [0.717, 1.165) is 5.56 Å². The Morgan fingerprint density at radius 1 is 1.11 bits per heavy atom. The minimum atomic E-state index is -0.284. The molecular formula is C15H14FNO. The van der Waals surface area contributed by atoms with Gasteiger partial charge in [-0.2, -0.15) is 0 Å². The number of hydrogen-bond acceptors (Lipinski definition) is 1. The average Bonchev–Trinajstić information content (AvgIpc) is 2.39. The van der Waals surface area contributed by atoms with Crippen molar-refractivity contribution in [3.05, 3.63) is 71.5 Å². The third kappa shape index (κ3) is 2.94. The first-order chi connectivity index (χ1) is 8.66. The Balaban J connectivity index is 2.09. The molecule has 0 saturated heterocycles. The van der Waals surface area contributed by atoms with Crippen LogP contribution in [-0.4, -0.2) is 17.9 Å². The van der Waals surface area contributed by atoms with Crippen LogP contribution in [-0.2, 0) is 6.54 Å². The number of carbonyl (C=O) groups is 1. The fourth-order valence-corrected chi connectivity index (χ4v) is 1.78. The van der Waals surface area contributed by atoms with Crippen LogP contribution in [0, 0.1) is 5.82 Å². The lowest BCUT2D eigenvalue weighted by atomic mass is 10.1. The van der Waals surface area contributed by atoms with Gasteiger partial charge >= 0.3 is 0 Å². The molecule has 0 saturated carbocycles. The van der Waals surface area contributed by atoms with Crippen molar-refractivity contribution >= 4 is 5.91 Å². The maximum atomic E-state index is 13.0. The Hall–Kier alpha value is -2.16. The predicted octanol–water partition coefficient (Wildman–Crippen LogP) is 3.10. The van der Waals surface area contributed by atoms with Crippen LogP contribution in [0.25, 0.3) is 0 Å². The molecule has 2 rings (SSSR count). The molecule has 0 bridgehead atoms. The van der Waals surface area contributed by atoms with Gasteiger partial charge in [-0.1, -0.05) is 30.3 Å². The zero-order valence-corrected chi connectivity index (χ0v) is 10.1. The minimum absolute atomic E-state index is 0.0696. The molecule has 0 aliphatic rings. The van der Waals surface area contributed by atoms with Crippen LogP contribution in [0.1, 0.15) is 15.9 Å². The monoisotopic (exact) mass is 243 g/mol. The lowest BCUT2D eigenvalue weighted by molar-refractivity contribution is 0.0785. The van der Waals surface area contributed by atoms with E-state index in [1.807, 2.05) is 18.2 Å². The first kappa shape index (κ1) is 12.3. The lowest BCUT2D eigenvalue weighted by Crippen LogP contribution is -2.26. The molecule has 0 N–H and O–H groups in total. The van der Waals surface area contributed by atoms with E-state index >= 15 is 0 Å². The molecule has 0 radical (unpaired) electrons. The van der Waals surface area contributed by atoms with Crippen molar-refractivity contribution in [3.8, 4) is 0 Å². The molecule has 2 aromatic carbocycles. The van der Waals surface area contributed by atoms with Crippen LogP contribution in [0.2, 0.25) is 0 Å². The maximum absolute atomic E-state index is 13.0. The molecule has 1 amide bonds. The third-order valence-electron chi connectivity index (χ3n) is 2.68. The number of hydrogen-bond donors (Lipinski definition) is 0. The van der Waals surface area contributed by atoms with E-state index < -0.39 is 0 Å². The van der Waals surface area contributed by atoms with Gasteiger partial charge in [-0.25, -0.2) is 4.39 Å². The van der Waals surface area contributed by atoms with Crippen molar-refractivity contribution in [3.63, 3.8) is 0 Å². The van der Waals surface area contributed by atoms with Crippen LogP contribution in [0.15, 0.2) is 54.6 Å². The summed E-state index contributed by atoms with van der Waals surface area (Å²) in [5.41, 5.74) is 1.41. The van der Waals surface area contributed by atoms with Gasteiger partial charge in [0.2, 0.25) is 0 Å². The van der Waals surface area contributed by atoms with Gasteiger partial charge in [0.05, 0.1) is 0 Å². The lowest BCUT2D eigenvalue weighted by Gasteiger charge is -2.17. The van der Waals surface area contributed by atoms with E-state index in [1.165, 1.54) is 12.1 Å². The fraction of sp³-hybridized carbons (Fsp3) is 0.133. The molecule has 18 heavy (non-hydrogen) atoms. The first-order valence-electron chi connectivity index (χ1n) is 5.72. The largest absolute Gasteiger partial charge is 0.337 e. The summed E-state index contributed by atoms with van der Waals surface area (Å²) in [6.07, 6.45) is 0. The Labute approximate surface area is 106 Å². The average molecular weight is 243 g/mol. The number of amides is 1. The van der Waals surface area contributed by atoms with Crippen LogP contribution < -0.4 is 0 Å². The van der Waals surface area contributed by atoms with Crippen molar-refractivity contribution in [1.82, 2.24) is 4.90 Å². The van der Waals surface area contributed by atoms with Crippen LogP contribution in [0.4, 0.5) is 4.39 Å². The molecule has 3 heteroatoms. The zero-order chi connectivity index (χ0) is 13.0. The molecule has 2 nitrogen and oxygen atoms in total. The van der Waals surface area contributed by atoms with Crippen molar-refractivity contribution in [2.45, 2.75) is 6.54 Å². The molecule has 0 spiro atoms. The van der Waals surface area contributed by atoms with E-state index in [1.54, 1.807) is 36.2 Å². The predicted molar refractivity (Wildman–Crippen MR) is 68.6 cm³/mol. The summed E-state index contributed by atoms with van der Waals surface area (Å²) in [4.78, 5) is 13.6. The van der Waals surface area contributed by atoms with Gasteiger partial charge in [-0.05, 0) is 29.8 Å². The minimum Gasteiger partial charge on any atom is -0.337 e. The second-order valence-corrected chi connectivity index (χ2v) is 4.16. The van der Waals surface area contributed by atoms with Crippen LogP contribution in [0.5, 0.6) is 0 Å². The summed E-state index contributed by atoms with van der Waals surface area (Å²) in [6, 6.07) is 15.3. The highest BCUT2D eigenvalue weighted by Gasteiger charge is 2.11. The number of halogens is 1. The summed E-state index contributed by atoms with van der Waals surface area (Å²) in [5.74, 6) is -0.354. The molecule has 0 unspecified atom stereocenters. The van der Waals surface area contributed by atoms with Gasteiger partial charge < -0.3 is 4.90 Å². The Morgan fingerprint density at radius 3 is 2.50 bits per heavy atom. The molecule has 0 aromatic heterocycles. The van der Waals surface area contributed by atoms with E-state index in [0.29, 0.717) is 12.1 Å². The van der Waals surface area contributed by atoms with Gasteiger partial charge in [-0.15, -0.1) is 0 Å². The van der Waals surface area contributed by atoms with E-state index in [4.69, 9.17) is 0 Å². The zero-order valence-electron chi connectivity index (χ0n) is 10.1. The van der Waals surface area contributed by atoms with E-state index in [2.05, 4.69) is 0 Å². The van der Waals surface area contributed by atoms with Gasteiger partial charge in [0.25, 0.3) is 5.91 Å². The summed E-state index contributed by atoms with van der Waals surface area (Å²) < 4.78 is 13.0. The SMILES string of the molecule is CN(Cc1cccc(F)c1)C(=O)c1ccccc1. The van der Waals surface area contributed by atoms with Gasteiger partial charge in [-0.3, -0.25) is 4.79 Å². The molecule has 0 heterocycles. The number of carbonyl (C=O) groups excluding carboxylic acids is 1. The second kappa shape index (κ2) is 5.45. The van der Waals surface area contributed by atoms with Crippen molar-refractivity contribution in [2.24, 2.45) is 0 Å².